The van der Waals surface area contributed by atoms with E-state index in [0.29, 0.717) is 11.1 Å². The number of hydrogen-bond acceptors (Lipinski definition) is 7. The summed E-state index contributed by atoms with van der Waals surface area (Å²) in [4.78, 5) is 32.6. The first kappa shape index (κ1) is 21.8. The number of aryl methyl sites for hydroxylation is 1. The van der Waals surface area contributed by atoms with E-state index in [1.165, 1.54) is 18.3 Å². The van der Waals surface area contributed by atoms with Gasteiger partial charge in [-0.1, -0.05) is 12.1 Å². The maximum atomic E-state index is 12.5. The van der Waals surface area contributed by atoms with Gasteiger partial charge < -0.3 is 20.2 Å². The van der Waals surface area contributed by atoms with Gasteiger partial charge in [0.2, 0.25) is 0 Å². The predicted octanol–water partition coefficient (Wildman–Crippen LogP) is 2.87. The van der Waals surface area contributed by atoms with Gasteiger partial charge in [-0.3, -0.25) is 4.79 Å². The van der Waals surface area contributed by atoms with E-state index in [0.717, 1.165) is 6.20 Å². The van der Waals surface area contributed by atoms with Crippen molar-refractivity contribution >= 4 is 28.4 Å². The molecule has 0 aliphatic carbocycles. The van der Waals surface area contributed by atoms with Crippen molar-refractivity contribution in [3.63, 3.8) is 0 Å². The maximum absolute atomic E-state index is 12.5. The van der Waals surface area contributed by atoms with Crippen LogP contribution in [0.15, 0.2) is 47.1 Å². The summed E-state index contributed by atoms with van der Waals surface area (Å²) in [6, 6.07) is 7.59. The van der Waals surface area contributed by atoms with Gasteiger partial charge in [0.1, 0.15) is 16.9 Å². The number of ether oxygens (including phenoxy) is 1. The van der Waals surface area contributed by atoms with Crippen molar-refractivity contribution in [2.75, 3.05) is 6.61 Å². The summed E-state index contributed by atoms with van der Waals surface area (Å²) in [6.45, 7) is -0.0439. The lowest BCUT2D eigenvalue weighted by Gasteiger charge is -2.08. The van der Waals surface area contributed by atoms with Gasteiger partial charge in [0.05, 0.1) is 12.1 Å². The fourth-order valence-corrected chi connectivity index (χ4v) is 2.68. The van der Waals surface area contributed by atoms with Crippen molar-refractivity contribution < 1.29 is 31.9 Å². The van der Waals surface area contributed by atoms with Crippen LogP contribution in [-0.4, -0.2) is 34.6 Å². The van der Waals surface area contributed by atoms with E-state index < -0.39 is 24.7 Å². The Hall–Kier alpha value is -3.89. The zero-order valence-electron chi connectivity index (χ0n) is 16.2. The predicted molar refractivity (Wildman–Crippen MR) is 103 cm³/mol. The van der Waals surface area contributed by atoms with Crippen LogP contribution in [0, 0.1) is 6.92 Å². The summed E-state index contributed by atoms with van der Waals surface area (Å²) in [7, 11) is 0. The third kappa shape index (κ3) is 5.38. The fourth-order valence-electron chi connectivity index (χ4n) is 2.68. The Kier molecular flexibility index (Phi) is 6.23. The number of aromatic nitrogens is 2. The van der Waals surface area contributed by atoms with Gasteiger partial charge in [-0.05, 0) is 25.1 Å². The van der Waals surface area contributed by atoms with Crippen LogP contribution < -0.4 is 11.1 Å². The van der Waals surface area contributed by atoms with E-state index in [2.05, 4.69) is 20.0 Å². The zero-order valence-corrected chi connectivity index (χ0v) is 16.2. The summed E-state index contributed by atoms with van der Waals surface area (Å²) >= 11 is 0. The third-order valence-electron chi connectivity index (χ3n) is 4.05. The number of fused-ring (bicyclic) bond motifs is 1. The minimum Gasteiger partial charge on any atom is -0.458 e. The minimum atomic E-state index is -4.64. The first-order chi connectivity index (χ1) is 14.7. The first-order valence-electron chi connectivity index (χ1n) is 8.93. The molecule has 0 spiro atoms. The lowest BCUT2D eigenvalue weighted by molar-refractivity contribution is -0.161. The molecule has 0 saturated carbocycles. The molecule has 162 valence electrons. The van der Waals surface area contributed by atoms with E-state index in [1.54, 1.807) is 25.1 Å². The highest BCUT2D eigenvalue weighted by Gasteiger charge is 2.30. The summed E-state index contributed by atoms with van der Waals surface area (Å²) in [6.07, 6.45) is -2.07. The number of esters is 1. The van der Waals surface area contributed by atoms with Crippen LogP contribution in [0.25, 0.3) is 16.5 Å². The number of nitrogens with zero attached hydrogens (tertiary/aromatic N) is 2. The number of halogens is 3. The lowest BCUT2D eigenvalue weighted by atomic mass is 10.1. The van der Waals surface area contributed by atoms with E-state index in [9.17, 15) is 22.8 Å². The zero-order chi connectivity index (χ0) is 22.6. The molecule has 1 amide bonds. The molecule has 2 heterocycles. The normalized spacial score (nSPS) is 12.1. The van der Waals surface area contributed by atoms with E-state index in [-0.39, 0.29) is 34.8 Å². The molecule has 0 aliphatic rings. The molecule has 3 N–H and O–H groups in total. The highest BCUT2D eigenvalue weighted by Crippen LogP contribution is 2.25. The second kappa shape index (κ2) is 8.86. The number of furan rings is 1. The average molecular weight is 434 g/mol. The molecule has 11 heteroatoms. The Labute approximate surface area is 173 Å². The van der Waals surface area contributed by atoms with Crippen LogP contribution in [0.3, 0.4) is 0 Å². The lowest BCUT2D eigenvalue weighted by Crippen LogP contribution is -2.25. The highest BCUT2D eigenvalue weighted by atomic mass is 19.4. The molecule has 0 fully saturated rings. The van der Waals surface area contributed by atoms with Gasteiger partial charge in [-0.25, -0.2) is 14.8 Å². The Bertz CT molecular complexity index is 1150. The van der Waals surface area contributed by atoms with Gasteiger partial charge in [0, 0.05) is 23.5 Å². The molecule has 3 aromatic rings. The number of alkyl halides is 3. The largest absolute Gasteiger partial charge is 0.458 e. The van der Waals surface area contributed by atoms with Gasteiger partial charge >= 0.3 is 12.1 Å². The number of nitrogens with two attached hydrogens (primary N) is 1. The summed E-state index contributed by atoms with van der Waals surface area (Å²) in [5.74, 6) is -1.31. The van der Waals surface area contributed by atoms with Crippen LogP contribution in [0.4, 0.5) is 13.2 Å². The number of nitrogens with one attached hydrogen (secondary N) is 1. The van der Waals surface area contributed by atoms with Crippen molar-refractivity contribution in [2.24, 2.45) is 5.73 Å². The molecular weight excluding hydrogens is 417 g/mol. The van der Waals surface area contributed by atoms with Crippen LogP contribution in [-0.2, 0) is 16.1 Å². The van der Waals surface area contributed by atoms with E-state index in [1.807, 2.05) is 0 Å². The number of hydrogen-bond donors (Lipinski definition) is 2. The smallest absolute Gasteiger partial charge is 0.422 e. The molecular formula is C20H17F3N4O4. The van der Waals surface area contributed by atoms with Gasteiger partial charge in [0.25, 0.3) is 5.91 Å². The number of carbonyl (C=O) groups is 2. The molecule has 0 aliphatic heterocycles. The molecule has 8 nitrogen and oxygen atoms in total. The number of rotatable bonds is 6. The number of para-hydroxylation sites is 1. The molecule has 0 unspecified atom stereocenters. The van der Waals surface area contributed by atoms with E-state index in [4.69, 9.17) is 10.2 Å². The van der Waals surface area contributed by atoms with Crippen molar-refractivity contribution in [3.05, 3.63) is 65.6 Å². The van der Waals surface area contributed by atoms with Crippen molar-refractivity contribution in [3.8, 4) is 0 Å². The molecule has 31 heavy (non-hydrogen) atoms. The van der Waals surface area contributed by atoms with Gasteiger partial charge in [-0.2, -0.15) is 13.2 Å². The quantitative estimate of drug-likeness (QED) is 0.452. The number of amides is 1. The van der Waals surface area contributed by atoms with E-state index >= 15 is 0 Å². The summed E-state index contributed by atoms with van der Waals surface area (Å²) in [5, 5.41) is 3.06. The van der Waals surface area contributed by atoms with Crippen molar-refractivity contribution in [2.45, 2.75) is 19.6 Å². The van der Waals surface area contributed by atoms with Crippen LogP contribution in [0.1, 0.15) is 27.6 Å². The second-order valence-electron chi connectivity index (χ2n) is 6.41. The number of benzene rings is 1. The topological polar surface area (TPSA) is 120 Å². The Morgan fingerprint density at radius 3 is 2.74 bits per heavy atom. The maximum Gasteiger partial charge on any atom is 0.422 e. The summed E-state index contributed by atoms with van der Waals surface area (Å²) in [5.41, 5.74) is 6.14. The molecule has 0 radical (unpaired) electrons. The van der Waals surface area contributed by atoms with Gasteiger partial charge in [0.15, 0.2) is 12.4 Å². The molecule has 1 aromatic carbocycles. The molecule has 0 saturated heterocycles. The Morgan fingerprint density at radius 1 is 1.29 bits per heavy atom. The molecule has 3 rings (SSSR count). The van der Waals surface area contributed by atoms with Crippen molar-refractivity contribution in [1.82, 2.24) is 15.3 Å². The van der Waals surface area contributed by atoms with Crippen molar-refractivity contribution in [1.29, 1.82) is 0 Å². The Balaban J connectivity index is 1.74. The monoisotopic (exact) mass is 434 g/mol. The fraction of sp³-hybridized carbons (Fsp3) is 0.200. The van der Waals surface area contributed by atoms with Crippen LogP contribution >= 0.6 is 0 Å². The third-order valence-corrected chi connectivity index (χ3v) is 4.05. The standard InChI is InChI=1S/C20H17F3N4O4/c1-11-5-6-25-17(27-11)15(8-24)18(28)26-9-13-7-12-3-2-4-14(16(12)31-13)19(29)30-10-20(21,22)23/h2-8H,9-10,24H2,1H3,(H,26,28)/b15-8+. The molecule has 0 bridgehead atoms. The summed E-state index contributed by atoms with van der Waals surface area (Å²) < 4.78 is 46.8. The highest BCUT2D eigenvalue weighted by molar-refractivity contribution is 6.18. The SMILES string of the molecule is Cc1ccnc(/C(=C\N)C(=O)NCc2cc3cccc(C(=O)OCC(F)(F)F)c3o2)n1. The van der Waals surface area contributed by atoms with Crippen LogP contribution in [0.2, 0.25) is 0 Å². The first-order valence-corrected chi connectivity index (χ1v) is 8.93. The second-order valence-corrected chi connectivity index (χ2v) is 6.41. The molecule has 0 atom stereocenters. The number of carbonyl (C=O) groups excluding carboxylic acids is 2. The Morgan fingerprint density at radius 2 is 2.06 bits per heavy atom. The van der Waals surface area contributed by atoms with Gasteiger partial charge in [-0.15, -0.1) is 0 Å². The molecule has 2 aromatic heterocycles. The van der Waals surface area contributed by atoms with Crippen LogP contribution in [0.5, 0.6) is 0 Å². The minimum absolute atomic E-state index is 0.0514. The average Bonchev–Trinajstić information content (AvgIpc) is 3.13.